The molecular formula is C23H22Cl2O3S. The summed E-state index contributed by atoms with van der Waals surface area (Å²) in [6, 6.07) is 14.4. The van der Waals surface area contributed by atoms with Crippen molar-refractivity contribution >= 4 is 33.0 Å². The summed E-state index contributed by atoms with van der Waals surface area (Å²) in [6.07, 6.45) is 0.505. The average molecular weight is 449 g/mol. The van der Waals surface area contributed by atoms with Gasteiger partial charge in [0.1, 0.15) is 5.75 Å². The predicted octanol–water partition coefficient (Wildman–Crippen LogP) is 6.19. The van der Waals surface area contributed by atoms with Gasteiger partial charge in [0.2, 0.25) is 0 Å². The van der Waals surface area contributed by atoms with Crippen molar-refractivity contribution in [2.45, 2.75) is 37.8 Å². The summed E-state index contributed by atoms with van der Waals surface area (Å²) in [6.45, 7) is 5.89. The summed E-state index contributed by atoms with van der Waals surface area (Å²) >= 11 is 12.0. The smallest absolute Gasteiger partial charge is 0.182 e. The molecule has 3 rings (SSSR count). The topological polar surface area (TPSA) is 54.4 Å². The summed E-state index contributed by atoms with van der Waals surface area (Å²) in [5.74, 6) is -0.647. The molecule has 0 saturated carbocycles. The molecule has 1 N–H and O–H groups in total. The van der Waals surface area contributed by atoms with Gasteiger partial charge in [-0.1, -0.05) is 59.1 Å². The number of aryl methyl sites for hydroxylation is 3. The first-order chi connectivity index (χ1) is 13.6. The molecule has 0 aliphatic rings. The third-order valence-electron chi connectivity index (χ3n) is 4.90. The number of sulfone groups is 1. The minimum atomic E-state index is -3.74. The van der Waals surface area contributed by atoms with Crippen LogP contribution in [-0.4, -0.2) is 13.5 Å². The van der Waals surface area contributed by atoms with Gasteiger partial charge in [0.25, 0.3) is 0 Å². The Labute approximate surface area is 181 Å². The molecule has 3 nitrogen and oxygen atoms in total. The fourth-order valence-electron chi connectivity index (χ4n) is 3.30. The molecule has 0 atom stereocenters. The van der Waals surface area contributed by atoms with Crippen LogP contribution < -0.4 is 0 Å². The summed E-state index contributed by atoms with van der Waals surface area (Å²) in [7, 11) is -3.74. The summed E-state index contributed by atoms with van der Waals surface area (Å²) in [5, 5.41) is 10.5. The molecule has 0 spiro atoms. The Bertz CT molecular complexity index is 1180. The number of hydrogen-bond acceptors (Lipinski definition) is 3. The SMILES string of the molecule is Cc1ccc(C)c(Cc2ccc(C)cc2S(=O)(=O)Cc2cc(Cl)cc(Cl)c2O)c1. The van der Waals surface area contributed by atoms with Crippen molar-refractivity contribution < 1.29 is 13.5 Å². The summed E-state index contributed by atoms with van der Waals surface area (Å²) < 4.78 is 26.6. The van der Waals surface area contributed by atoms with Crippen molar-refractivity contribution in [1.82, 2.24) is 0 Å². The van der Waals surface area contributed by atoms with E-state index in [2.05, 4.69) is 6.07 Å². The van der Waals surface area contributed by atoms with Gasteiger partial charge in [-0.05, 0) is 67.6 Å². The predicted molar refractivity (Wildman–Crippen MR) is 119 cm³/mol. The third-order valence-corrected chi connectivity index (χ3v) is 7.14. The van der Waals surface area contributed by atoms with Crippen LogP contribution in [0, 0.1) is 20.8 Å². The van der Waals surface area contributed by atoms with Gasteiger partial charge in [-0.2, -0.15) is 0 Å². The van der Waals surface area contributed by atoms with Crippen molar-refractivity contribution in [2.24, 2.45) is 0 Å². The molecule has 0 aromatic heterocycles. The molecule has 0 aliphatic carbocycles. The number of phenols is 1. The zero-order chi connectivity index (χ0) is 21.3. The lowest BCUT2D eigenvalue weighted by atomic mass is 9.98. The highest BCUT2D eigenvalue weighted by molar-refractivity contribution is 7.90. The van der Waals surface area contributed by atoms with Gasteiger partial charge in [-0.25, -0.2) is 8.42 Å². The van der Waals surface area contributed by atoms with Gasteiger partial charge in [-0.3, -0.25) is 0 Å². The molecule has 0 unspecified atom stereocenters. The van der Waals surface area contributed by atoms with E-state index in [0.29, 0.717) is 6.42 Å². The van der Waals surface area contributed by atoms with Gasteiger partial charge in [0.15, 0.2) is 9.84 Å². The first-order valence-corrected chi connectivity index (χ1v) is 11.5. The number of phenolic OH excluding ortho intramolecular Hbond substituents is 1. The van der Waals surface area contributed by atoms with Gasteiger partial charge >= 0.3 is 0 Å². The first-order valence-electron chi connectivity index (χ1n) is 9.12. The van der Waals surface area contributed by atoms with Crippen LogP contribution in [0.15, 0.2) is 53.4 Å². The van der Waals surface area contributed by atoms with Crippen molar-refractivity contribution in [2.75, 3.05) is 0 Å². The van der Waals surface area contributed by atoms with Crippen LogP contribution in [0.25, 0.3) is 0 Å². The average Bonchev–Trinajstić information content (AvgIpc) is 2.63. The van der Waals surface area contributed by atoms with Crippen molar-refractivity contribution in [3.05, 3.63) is 92.0 Å². The normalized spacial score (nSPS) is 11.6. The fraction of sp³-hybridized carbons (Fsp3) is 0.217. The van der Waals surface area contributed by atoms with Crippen LogP contribution in [0.3, 0.4) is 0 Å². The molecule has 0 fully saturated rings. The van der Waals surface area contributed by atoms with E-state index in [1.165, 1.54) is 12.1 Å². The highest BCUT2D eigenvalue weighted by Crippen LogP contribution is 2.34. The van der Waals surface area contributed by atoms with Crippen molar-refractivity contribution in [3.8, 4) is 5.75 Å². The van der Waals surface area contributed by atoms with Crippen LogP contribution >= 0.6 is 23.2 Å². The van der Waals surface area contributed by atoms with Gasteiger partial charge in [-0.15, -0.1) is 0 Å². The quantitative estimate of drug-likeness (QED) is 0.506. The maximum Gasteiger partial charge on any atom is 0.182 e. The van der Waals surface area contributed by atoms with Crippen LogP contribution in [-0.2, 0) is 22.0 Å². The molecule has 0 heterocycles. The second kappa shape index (κ2) is 8.39. The fourth-order valence-corrected chi connectivity index (χ4v) is 5.53. The minimum absolute atomic E-state index is 0.0301. The van der Waals surface area contributed by atoms with E-state index < -0.39 is 9.84 Å². The second-order valence-corrected chi connectivity index (χ2v) is 10.2. The van der Waals surface area contributed by atoms with E-state index >= 15 is 0 Å². The Balaban J connectivity index is 2.06. The van der Waals surface area contributed by atoms with Crippen molar-refractivity contribution in [3.63, 3.8) is 0 Å². The Hall–Kier alpha value is -2.01. The van der Waals surface area contributed by atoms with Crippen LogP contribution in [0.1, 0.15) is 33.4 Å². The van der Waals surface area contributed by atoms with Crippen LogP contribution in [0.4, 0.5) is 0 Å². The maximum absolute atomic E-state index is 13.3. The zero-order valence-corrected chi connectivity index (χ0v) is 18.8. The van der Waals surface area contributed by atoms with E-state index in [4.69, 9.17) is 23.2 Å². The molecule has 0 bridgehead atoms. The summed E-state index contributed by atoms with van der Waals surface area (Å²) in [5.41, 5.74) is 5.07. The lowest BCUT2D eigenvalue weighted by Crippen LogP contribution is -2.10. The Morgan fingerprint density at radius 3 is 2.21 bits per heavy atom. The largest absolute Gasteiger partial charge is 0.506 e. The number of rotatable bonds is 5. The first kappa shape index (κ1) is 21.7. The van der Waals surface area contributed by atoms with Crippen LogP contribution in [0.5, 0.6) is 5.75 Å². The van der Waals surface area contributed by atoms with Gasteiger partial charge in [0, 0.05) is 10.6 Å². The Morgan fingerprint density at radius 2 is 1.48 bits per heavy atom. The van der Waals surface area contributed by atoms with Gasteiger partial charge in [0.05, 0.1) is 15.7 Å². The van der Waals surface area contributed by atoms with Crippen LogP contribution in [0.2, 0.25) is 10.0 Å². The highest BCUT2D eigenvalue weighted by atomic mass is 35.5. The Kier molecular flexibility index (Phi) is 6.27. The van der Waals surface area contributed by atoms with Gasteiger partial charge < -0.3 is 5.11 Å². The number of halogens is 2. The third kappa shape index (κ3) is 4.95. The van der Waals surface area contributed by atoms with E-state index in [9.17, 15) is 13.5 Å². The molecule has 0 amide bonds. The molecule has 29 heavy (non-hydrogen) atoms. The molecular weight excluding hydrogens is 427 g/mol. The lowest BCUT2D eigenvalue weighted by molar-refractivity contribution is 0.470. The monoisotopic (exact) mass is 448 g/mol. The number of benzene rings is 3. The molecule has 6 heteroatoms. The number of aromatic hydroxyl groups is 1. The van der Waals surface area contributed by atoms with E-state index in [-0.39, 0.29) is 32.0 Å². The summed E-state index contributed by atoms with van der Waals surface area (Å²) in [4.78, 5) is 0.258. The molecule has 0 saturated heterocycles. The molecule has 3 aromatic rings. The molecule has 3 aromatic carbocycles. The standard InChI is InChI=1S/C23H22Cl2O3S/c1-14-4-6-16(3)18(8-14)10-17-7-5-15(2)9-22(17)29(27,28)13-19-11-20(24)12-21(25)23(19)26/h4-9,11-12,26H,10,13H2,1-3H3. The van der Waals surface area contributed by atoms with E-state index in [0.717, 1.165) is 27.8 Å². The molecule has 0 radical (unpaired) electrons. The van der Waals surface area contributed by atoms with Crippen molar-refractivity contribution in [1.29, 1.82) is 0 Å². The second-order valence-electron chi connectivity index (χ2n) is 7.37. The van der Waals surface area contributed by atoms with E-state index in [1.54, 1.807) is 6.07 Å². The Morgan fingerprint density at radius 1 is 0.828 bits per heavy atom. The minimum Gasteiger partial charge on any atom is -0.506 e. The zero-order valence-electron chi connectivity index (χ0n) is 16.5. The maximum atomic E-state index is 13.3. The lowest BCUT2D eigenvalue weighted by Gasteiger charge is -2.15. The number of hydrogen-bond donors (Lipinski definition) is 1. The highest BCUT2D eigenvalue weighted by Gasteiger charge is 2.23. The van der Waals surface area contributed by atoms with E-state index in [1.807, 2.05) is 45.0 Å². The molecule has 0 aliphatic heterocycles. The molecule has 152 valence electrons.